The lowest BCUT2D eigenvalue weighted by Crippen LogP contribution is -2.26. The van der Waals surface area contributed by atoms with Crippen molar-refractivity contribution < 1.29 is 14.5 Å². The fourth-order valence-corrected chi connectivity index (χ4v) is 1.90. The Morgan fingerprint density at radius 3 is 2.72 bits per heavy atom. The Morgan fingerprint density at radius 1 is 1.56 bits per heavy atom. The number of rotatable bonds is 5. The molecule has 0 aliphatic carbocycles. The molecule has 0 atom stereocenters. The van der Waals surface area contributed by atoms with Crippen molar-refractivity contribution >= 4 is 27.6 Å². The first-order chi connectivity index (χ1) is 8.43. The molecule has 0 N–H and O–H groups in total. The van der Waals surface area contributed by atoms with Gasteiger partial charge in [0.2, 0.25) is 0 Å². The van der Waals surface area contributed by atoms with Crippen LogP contribution in [0.3, 0.4) is 0 Å². The van der Waals surface area contributed by atoms with E-state index in [2.05, 4.69) is 20.7 Å². The van der Waals surface area contributed by atoms with Gasteiger partial charge in [-0.2, -0.15) is 0 Å². The summed E-state index contributed by atoms with van der Waals surface area (Å²) >= 11 is 3.28. The maximum atomic E-state index is 11.1. The lowest BCUT2D eigenvalue weighted by molar-refractivity contribution is -0.384. The number of esters is 1. The first-order valence-corrected chi connectivity index (χ1v) is 5.91. The number of carbonyl (C=O) groups excluding carboxylic acids is 1. The minimum atomic E-state index is -0.452. The van der Waals surface area contributed by atoms with Gasteiger partial charge in [0.15, 0.2) is 0 Å². The topological polar surface area (TPSA) is 72.7 Å². The summed E-state index contributed by atoms with van der Waals surface area (Å²) in [6.45, 7) is 0.660. The molecular weight excluding hydrogens is 304 g/mol. The maximum absolute atomic E-state index is 11.1. The van der Waals surface area contributed by atoms with E-state index in [1.54, 1.807) is 18.0 Å². The van der Waals surface area contributed by atoms with Crippen LogP contribution in [0, 0.1) is 10.1 Å². The summed E-state index contributed by atoms with van der Waals surface area (Å²) in [6.07, 6.45) is 0. The van der Waals surface area contributed by atoms with Crippen molar-refractivity contribution in [3.05, 3.63) is 38.3 Å². The minimum Gasteiger partial charge on any atom is -0.468 e. The van der Waals surface area contributed by atoms with Crippen LogP contribution in [0.1, 0.15) is 5.56 Å². The van der Waals surface area contributed by atoms with Crippen molar-refractivity contribution in [2.75, 3.05) is 20.7 Å². The number of non-ortho nitro benzene ring substituents is 1. The van der Waals surface area contributed by atoms with Gasteiger partial charge in [0.1, 0.15) is 0 Å². The Bertz CT molecular complexity index is 464. The van der Waals surface area contributed by atoms with Crippen molar-refractivity contribution in [3.8, 4) is 0 Å². The number of likely N-dealkylation sites (N-methyl/N-ethyl adjacent to an activating group) is 1. The first-order valence-electron chi connectivity index (χ1n) is 5.12. The van der Waals surface area contributed by atoms with Gasteiger partial charge in [-0.25, -0.2) is 0 Å². The molecule has 0 aliphatic heterocycles. The van der Waals surface area contributed by atoms with Gasteiger partial charge in [-0.15, -0.1) is 0 Å². The van der Waals surface area contributed by atoms with Crippen molar-refractivity contribution in [3.63, 3.8) is 0 Å². The van der Waals surface area contributed by atoms with Crippen molar-refractivity contribution in [2.45, 2.75) is 6.54 Å². The third-order valence-electron chi connectivity index (χ3n) is 2.31. The maximum Gasteiger partial charge on any atom is 0.319 e. The number of nitro groups is 1. The Labute approximate surface area is 113 Å². The zero-order chi connectivity index (χ0) is 13.7. The number of ether oxygens (including phenoxy) is 1. The van der Waals surface area contributed by atoms with E-state index in [0.29, 0.717) is 11.0 Å². The molecule has 0 fully saturated rings. The van der Waals surface area contributed by atoms with Gasteiger partial charge in [0.25, 0.3) is 5.69 Å². The molecule has 7 heteroatoms. The molecule has 0 unspecified atom stereocenters. The van der Waals surface area contributed by atoms with Crippen LogP contribution in [0.15, 0.2) is 22.7 Å². The predicted molar refractivity (Wildman–Crippen MR) is 69.1 cm³/mol. The second-order valence-corrected chi connectivity index (χ2v) is 4.64. The summed E-state index contributed by atoms with van der Waals surface area (Å²) in [5.74, 6) is -0.324. The Hall–Kier alpha value is -1.47. The number of benzene rings is 1. The lowest BCUT2D eigenvalue weighted by atomic mass is 10.2. The van der Waals surface area contributed by atoms with E-state index in [9.17, 15) is 14.9 Å². The van der Waals surface area contributed by atoms with Gasteiger partial charge < -0.3 is 4.74 Å². The molecule has 0 aromatic heterocycles. The van der Waals surface area contributed by atoms with Crippen molar-refractivity contribution in [1.29, 1.82) is 0 Å². The third kappa shape index (κ3) is 4.08. The highest BCUT2D eigenvalue weighted by Crippen LogP contribution is 2.23. The van der Waals surface area contributed by atoms with E-state index in [0.717, 1.165) is 5.56 Å². The van der Waals surface area contributed by atoms with Gasteiger partial charge in [0.05, 0.1) is 18.6 Å². The van der Waals surface area contributed by atoms with Gasteiger partial charge >= 0.3 is 5.97 Å². The average molecular weight is 317 g/mol. The third-order valence-corrected chi connectivity index (χ3v) is 3.05. The lowest BCUT2D eigenvalue weighted by Gasteiger charge is -2.15. The molecule has 0 heterocycles. The zero-order valence-corrected chi connectivity index (χ0v) is 11.6. The van der Waals surface area contributed by atoms with Crippen LogP contribution in [0.25, 0.3) is 0 Å². The zero-order valence-electron chi connectivity index (χ0n) is 10.1. The molecular formula is C11H13BrN2O4. The average Bonchev–Trinajstić information content (AvgIpc) is 2.31. The van der Waals surface area contributed by atoms with Crippen LogP contribution in [0.4, 0.5) is 5.69 Å². The Kier molecular flexibility index (Phi) is 5.24. The predicted octanol–water partition coefficient (Wildman–Crippen LogP) is 1.96. The van der Waals surface area contributed by atoms with E-state index in [-0.39, 0.29) is 18.2 Å². The molecule has 1 aromatic carbocycles. The monoisotopic (exact) mass is 316 g/mol. The van der Waals surface area contributed by atoms with E-state index < -0.39 is 4.92 Å². The quantitative estimate of drug-likeness (QED) is 0.471. The van der Waals surface area contributed by atoms with Crippen LogP contribution >= 0.6 is 15.9 Å². The highest BCUT2D eigenvalue weighted by Gasteiger charge is 2.12. The second-order valence-electron chi connectivity index (χ2n) is 3.78. The molecule has 0 amide bonds. The van der Waals surface area contributed by atoms with E-state index in [1.165, 1.54) is 19.2 Å². The normalized spacial score (nSPS) is 10.4. The largest absolute Gasteiger partial charge is 0.468 e. The second kappa shape index (κ2) is 6.46. The Morgan fingerprint density at radius 2 is 2.22 bits per heavy atom. The van der Waals surface area contributed by atoms with Crippen LogP contribution in [-0.2, 0) is 16.1 Å². The number of halogens is 1. The molecule has 0 saturated heterocycles. The summed E-state index contributed by atoms with van der Waals surface area (Å²) in [5, 5.41) is 10.6. The summed E-state index contributed by atoms with van der Waals surface area (Å²) in [7, 11) is 3.10. The van der Waals surface area contributed by atoms with Crippen molar-refractivity contribution in [2.24, 2.45) is 0 Å². The molecule has 1 aromatic rings. The molecule has 1 rings (SSSR count). The van der Waals surface area contributed by atoms with Gasteiger partial charge in [0, 0.05) is 23.2 Å². The van der Waals surface area contributed by atoms with Gasteiger partial charge in [-0.3, -0.25) is 19.8 Å². The minimum absolute atomic E-state index is 0.0289. The summed E-state index contributed by atoms with van der Waals surface area (Å²) in [5.41, 5.74) is 0.897. The fourth-order valence-electron chi connectivity index (χ4n) is 1.41. The van der Waals surface area contributed by atoms with E-state index in [4.69, 9.17) is 0 Å². The standard InChI is InChI=1S/C11H13BrN2O4/c1-13(7-11(15)18-2)6-8-3-4-9(14(16)17)5-10(8)12/h3-5H,6-7H2,1-2H3. The first kappa shape index (κ1) is 14.6. The van der Waals surface area contributed by atoms with E-state index >= 15 is 0 Å². The number of methoxy groups -OCH3 is 1. The number of nitro benzene ring substituents is 1. The SMILES string of the molecule is COC(=O)CN(C)Cc1ccc([N+](=O)[O-])cc1Br. The number of carbonyl (C=O) groups is 1. The highest BCUT2D eigenvalue weighted by molar-refractivity contribution is 9.10. The Balaban J connectivity index is 2.73. The highest BCUT2D eigenvalue weighted by atomic mass is 79.9. The summed E-state index contributed by atoms with van der Waals surface area (Å²) in [6, 6.07) is 4.55. The van der Waals surface area contributed by atoms with Crippen LogP contribution in [0.2, 0.25) is 0 Å². The number of hydrogen-bond acceptors (Lipinski definition) is 5. The number of nitrogens with zero attached hydrogens (tertiary/aromatic N) is 2. The number of hydrogen-bond donors (Lipinski definition) is 0. The van der Waals surface area contributed by atoms with E-state index in [1.807, 2.05) is 0 Å². The molecule has 0 saturated carbocycles. The molecule has 18 heavy (non-hydrogen) atoms. The molecule has 98 valence electrons. The summed E-state index contributed by atoms with van der Waals surface area (Å²) < 4.78 is 5.20. The van der Waals surface area contributed by atoms with Crippen molar-refractivity contribution in [1.82, 2.24) is 4.90 Å². The smallest absolute Gasteiger partial charge is 0.319 e. The molecule has 0 spiro atoms. The van der Waals surface area contributed by atoms with Crippen LogP contribution in [-0.4, -0.2) is 36.5 Å². The molecule has 6 nitrogen and oxygen atoms in total. The molecule has 0 radical (unpaired) electrons. The molecule has 0 aliphatic rings. The van der Waals surface area contributed by atoms with Crippen LogP contribution < -0.4 is 0 Å². The van der Waals surface area contributed by atoms with Gasteiger partial charge in [-0.05, 0) is 18.7 Å². The molecule has 0 bridgehead atoms. The van der Waals surface area contributed by atoms with Gasteiger partial charge in [-0.1, -0.05) is 15.9 Å². The van der Waals surface area contributed by atoms with Crippen LogP contribution in [0.5, 0.6) is 0 Å². The summed E-state index contributed by atoms with van der Waals surface area (Å²) in [4.78, 5) is 23.0. The fraction of sp³-hybridized carbons (Fsp3) is 0.364.